The van der Waals surface area contributed by atoms with Gasteiger partial charge in [0, 0.05) is 35.0 Å². The number of halogens is 1. The Morgan fingerprint density at radius 3 is 2.42 bits per heavy atom. The molecule has 3 aliphatic heterocycles. The normalized spacial score (nSPS) is 27.6. The Kier molecular flexibility index (Phi) is 11.5. The highest BCUT2D eigenvalue weighted by Gasteiger charge is 2.48. The molecule has 0 bridgehead atoms. The summed E-state index contributed by atoms with van der Waals surface area (Å²) in [4.78, 5) is 42.8. The summed E-state index contributed by atoms with van der Waals surface area (Å²) in [6.07, 6.45) is 6.79. The first-order chi connectivity index (χ1) is 27.4. The minimum absolute atomic E-state index is 0.0140. The molecule has 13 heteroatoms. The van der Waals surface area contributed by atoms with Crippen molar-refractivity contribution < 1.29 is 37.4 Å². The lowest BCUT2D eigenvalue weighted by molar-refractivity contribution is -0.237. The van der Waals surface area contributed by atoms with Crippen LogP contribution in [0.5, 0.6) is 5.75 Å². The van der Waals surface area contributed by atoms with Crippen LogP contribution in [0.25, 0.3) is 0 Å². The van der Waals surface area contributed by atoms with E-state index in [9.17, 15) is 23.1 Å². The number of hydrogen-bond acceptors (Lipinski definition) is 8. The van der Waals surface area contributed by atoms with Gasteiger partial charge in [0.1, 0.15) is 5.75 Å². The first-order valence-corrected chi connectivity index (χ1v) is 21.9. The maximum absolute atomic E-state index is 13.3. The average Bonchev–Trinajstić information content (AvgIpc) is 3.35. The van der Waals surface area contributed by atoms with Crippen LogP contribution in [0.15, 0.2) is 60.7 Å². The number of nitrogens with zero attached hydrogens (tertiary/aromatic N) is 2. The van der Waals surface area contributed by atoms with Crippen LogP contribution in [0, 0.1) is 23.7 Å². The van der Waals surface area contributed by atoms with Crippen LogP contribution in [0.2, 0.25) is 5.02 Å². The van der Waals surface area contributed by atoms with Crippen molar-refractivity contribution in [3.05, 3.63) is 93.5 Å². The largest absolute Gasteiger partial charge is 0.490 e. The maximum atomic E-state index is 13.3. The Bertz CT molecular complexity index is 2020. The van der Waals surface area contributed by atoms with Gasteiger partial charge in [0.05, 0.1) is 47.9 Å². The summed E-state index contributed by atoms with van der Waals surface area (Å²) in [5.74, 6) is 0.168. The number of ether oxygens (including phenoxy) is 3. The molecule has 7 atom stereocenters. The summed E-state index contributed by atoms with van der Waals surface area (Å²) in [6.45, 7) is 6.13. The number of carbonyl (C=O) groups is 3. The van der Waals surface area contributed by atoms with Gasteiger partial charge in [0.25, 0.3) is 11.8 Å². The number of fused-ring (bicyclic) bond motifs is 4. The number of nitrogens with two attached hydrogens (primary N) is 1. The third-order valence-electron chi connectivity index (χ3n) is 13.6. The fourth-order valence-electron chi connectivity index (χ4n) is 10.0. The van der Waals surface area contributed by atoms with E-state index in [4.69, 9.17) is 31.5 Å². The molecule has 0 radical (unpaired) electrons. The summed E-state index contributed by atoms with van der Waals surface area (Å²) in [5.41, 5.74) is 10.1. The van der Waals surface area contributed by atoms with Crippen molar-refractivity contribution in [2.24, 2.45) is 29.4 Å². The van der Waals surface area contributed by atoms with Gasteiger partial charge in [-0.25, -0.2) is 4.21 Å². The number of primary amides is 1. The van der Waals surface area contributed by atoms with E-state index in [2.05, 4.69) is 17.0 Å². The molecular weight excluding hydrogens is 766 g/mol. The Labute approximate surface area is 341 Å². The van der Waals surface area contributed by atoms with E-state index >= 15 is 0 Å². The van der Waals surface area contributed by atoms with E-state index < -0.39 is 29.3 Å². The van der Waals surface area contributed by atoms with Crippen molar-refractivity contribution in [2.75, 3.05) is 37.8 Å². The second-order valence-corrected chi connectivity index (χ2v) is 18.7. The molecule has 2 fully saturated rings. The zero-order chi connectivity index (χ0) is 40.0. The standard InChI is InChI=1S/C44H52ClN3O8S/c1-26(27(2)57(52)53)7-5-11-36(43-54-22-32(23-55-43)48-41(50)34-9-3-4-10-35(34)42(48)51)33-15-12-30(33)21-47-24-44(18-6-8-28-19-31(45)14-16-37(28)44)25-56-39-17-13-29(40(46)49)20-38(39)47/h3-4,9-10,13-14,16-17,19-20,26-27,30,32-33,36,43H,5-8,11-12,15,18,21-25H2,1-2H3,(H2,46,49)(H,52,53)/t26-,27+,30-,32?,33+,36-,43?,44-/m0/s1. The summed E-state index contributed by atoms with van der Waals surface area (Å²) >= 11 is 4.58. The van der Waals surface area contributed by atoms with Crippen LogP contribution >= 0.6 is 11.6 Å². The van der Waals surface area contributed by atoms with Crippen LogP contribution < -0.4 is 15.4 Å². The van der Waals surface area contributed by atoms with Crippen molar-refractivity contribution in [1.82, 2.24) is 4.90 Å². The van der Waals surface area contributed by atoms with Crippen molar-refractivity contribution in [1.29, 1.82) is 0 Å². The smallest absolute Gasteiger partial charge is 0.261 e. The van der Waals surface area contributed by atoms with Gasteiger partial charge < -0.3 is 29.4 Å². The van der Waals surface area contributed by atoms with Gasteiger partial charge in [0.15, 0.2) is 17.4 Å². The van der Waals surface area contributed by atoms with Crippen LogP contribution in [0.1, 0.15) is 101 Å². The lowest BCUT2D eigenvalue weighted by Crippen LogP contribution is -2.53. The van der Waals surface area contributed by atoms with Crippen LogP contribution in [0.3, 0.4) is 0 Å². The Morgan fingerprint density at radius 1 is 1.02 bits per heavy atom. The number of anilines is 1. The second-order valence-electron chi connectivity index (χ2n) is 16.9. The number of aryl methyl sites for hydroxylation is 1. The molecule has 304 valence electrons. The van der Waals surface area contributed by atoms with Gasteiger partial charge in [-0.15, -0.1) is 0 Å². The van der Waals surface area contributed by atoms with Crippen LogP contribution in [0.4, 0.5) is 5.69 Å². The molecule has 2 aliphatic carbocycles. The first kappa shape index (κ1) is 40.0. The van der Waals surface area contributed by atoms with Crippen molar-refractivity contribution in [3.8, 4) is 5.75 Å². The van der Waals surface area contributed by atoms with Crippen LogP contribution in [-0.2, 0) is 32.4 Å². The lowest BCUT2D eigenvalue weighted by Gasteiger charge is -2.49. The van der Waals surface area contributed by atoms with E-state index in [-0.39, 0.29) is 59.4 Å². The lowest BCUT2D eigenvalue weighted by atomic mass is 9.64. The van der Waals surface area contributed by atoms with Crippen molar-refractivity contribution >= 4 is 46.1 Å². The Balaban J connectivity index is 1.04. The Hall–Kier alpha value is -3.81. The Morgan fingerprint density at radius 2 is 1.75 bits per heavy atom. The monoisotopic (exact) mass is 817 g/mol. The fraction of sp³-hybridized carbons (Fsp3) is 0.523. The van der Waals surface area contributed by atoms with Crippen molar-refractivity contribution in [3.63, 3.8) is 0 Å². The summed E-state index contributed by atoms with van der Waals surface area (Å²) in [6, 6.07) is 18.0. The molecule has 1 unspecified atom stereocenters. The highest BCUT2D eigenvalue weighted by atomic mass is 35.5. The number of hydrogen-bond donors (Lipinski definition) is 2. The second kappa shape index (κ2) is 16.4. The SMILES string of the molecule is C[C@H]([C@@H](C)CCC[C@H](C1OCC(N2C(=O)c3ccccc3C2=O)CO1)[C@@H]1CC[C@H]1CN1C[C@@]2(CCCc3cc(Cl)ccc32)COc2ccc(C(N)=O)cc21)S(=O)O. The first-order valence-electron chi connectivity index (χ1n) is 20.3. The summed E-state index contributed by atoms with van der Waals surface area (Å²) in [5, 5.41) is 0.386. The summed E-state index contributed by atoms with van der Waals surface area (Å²) in [7, 11) is 0. The minimum atomic E-state index is -1.90. The third-order valence-corrected chi connectivity index (χ3v) is 14.9. The highest BCUT2D eigenvalue weighted by molar-refractivity contribution is 7.79. The predicted molar refractivity (Wildman–Crippen MR) is 218 cm³/mol. The number of amides is 3. The average molecular weight is 818 g/mol. The maximum Gasteiger partial charge on any atom is 0.261 e. The van der Waals surface area contributed by atoms with E-state index in [1.807, 2.05) is 32.0 Å². The summed E-state index contributed by atoms with van der Waals surface area (Å²) < 4.78 is 41.3. The molecule has 3 aromatic carbocycles. The fourth-order valence-corrected chi connectivity index (χ4v) is 10.8. The molecule has 3 heterocycles. The molecule has 3 N–H and O–H groups in total. The van der Waals surface area contributed by atoms with Crippen molar-refractivity contribution in [2.45, 2.75) is 88.2 Å². The van der Waals surface area contributed by atoms with Gasteiger partial charge in [-0.2, -0.15) is 0 Å². The molecule has 0 aromatic heterocycles. The molecule has 8 rings (SSSR count). The molecule has 1 spiro atoms. The van der Waals surface area contributed by atoms with Gasteiger partial charge in [-0.05, 0) is 123 Å². The molecule has 1 saturated carbocycles. The van der Waals surface area contributed by atoms with E-state index in [0.29, 0.717) is 29.8 Å². The molecule has 5 aliphatic rings. The number of imide groups is 1. The number of benzene rings is 3. The topological polar surface area (TPSA) is 149 Å². The highest BCUT2D eigenvalue weighted by Crippen LogP contribution is 2.49. The molecule has 11 nitrogen and oxygen atoms in total. The van der Waals surface area contributed by atoms with Gasteiger partial charge in [0.2, 0.25) is 5.91 Å². The quantitative estimate of drug-likeness (QED) is 0.146. The molecule has 57 heavy (non-hydrogen) atoms. The number of rotatable bonds is 12. The minimum Gasteiger partial charge on any atom is -0.490 e. The van der Waals surface area contributed by atoms with Crippen LogP contribution in [-0.4, -0.2) is 81.9 Å². The van der Waals surface area contributed by atoms with Gasteiger partial charge in [-0.3, -0.25) is 19.3 Å². The van der Waals surface area contributed by atoms with E-state index in [1.165, 1.54) is 16.0 Å². The third kappa shape index (κ3) is 7.76. The molecule has 3 amide bonds. The predicted octanol–water partition coefficient (Wildman–Crippen LogP) is 7.01. The zero-order valence-corrected chi connectivity index (χ0v) is 34.1. The molecular formula is C44H52ClN3O8S. The van der Waals surface area contributed by atoms with Gasteiger partial charge in [-0.1, -0.05) is 43.1 Å². The van der Waals surface area contributed by atoms with E-state index in [0.717, 1.165) is 74.4 Å². The number of carbonyl (C=O) groups excluding carboxylic acids is 3. The van der Waals surface area contributed by atoms with Gasteiger partial charge >= 0.3 is 0 Å². The molecule has 1 saturated heterocycles. The van der Waals surface area contributed by atoms with E-state index in [1.54, 1.807) is 30.3 Å². The molecule has 3 aromatic rings. The zero-order valence-electron chi connectivity index (χ0n) is 32.6.